The van der Waals surface area contributed by atoms with Crippen molar-refractivity contribution in [3.05, 3.63) is 41.7 Å². The molecule has 4 nitrogen and oxygen atoms in total. The van der Waals surface area contributed by atoms with E-state index in [9.17, 15) is 0 Å². The molecular weight excluding hydrogens is 268 g/mol. The minimum Gasteiger partial charge on any atom is -0.389 e. The molecule has 90 valence electrons. The summed E-state index contributed by atoms with van der Waals surface area (Å²) in [6, 6.07) is 7.52. The Bertz CT molecular complexity index is 710. The van der Waals surface area contributed by atoms with E-state index in [4.69, 9.17) is 17.3 Å². The van der Waals surface area contributed by atoms with Crippen molar-refractivity contribution in [2.24, 2.45) is 0 Å². The third-order valence-electron chi connectivity index (χ3n) is 2.48. The minimum absolute atomic E-state index is 0.670. The van der Waals surface area contributed by atoms with Crippen molar-refractivity contribution < 1.29 is 0 Å². The zero-order valence-electron chi connectivity index (χ0n) is 9.22. The van der Waals surface area contributed by atoms with Crippen LogP contribution in [-0.2, 0) is 0 Å². The number of nitrogens with zero attached hydrogens (tertiary/aromatic N) is 2. The van der Waals surface area contributed by atoms with Crippen LogP contribution in [-0.4, -0.2) is 9.97 Å². The van der Waals surface area contributed by atoms with E-state index in [0.29, 0.717) is 10.0 Å². The van der Waals surface area contributed by atoms with Crippen LogP contribution in [0.2, 0.25) is 5.02 Å². The van der Waals surface area contributed by atoms with Crippen molar-refractivity contribution >= 4 is 49.7 Å². The van der Waals surface area contributed by atoms with E-state index in [1.807, 2.05) is 24.3 Å². The van der Waals surface area contributed by atoms with Crippen LogP contribution in [0.3, 0.4) is 0 Å². The summed E-state index contributed by atoms with van der Waals surface area (Å²) >= 11 is 7.53. The van der Waals surface area contributed by atoms with Crippen LogP contribution in [0.25, 0.3) is 10.9 Å². The van der Waals surface area contributed by atoms with E-state index in [1.54, 1.807) is 12.4 Å². The van der Waals surface area contributed by atoms with Gasteiger partial charge in [-0.15, -0.1) is 0 Å². The van der Waals surface area contributed by atoms with E-state index < -0.39 is 0 Å². The third kappa shape index (κ3) is 1.98. The second kappa shape index (κ2) is 4.44. The number of nitrogens with one attached hydrogen (secondary N) is 1. The number of aromatic nitrogens is 2. The molecule has 0 amide bonds. The maximum absolute atomic E-state index is 6.14. The summed E-state index contributed by atoms with van der Waals surface area (Å²) in [5.74, 6) is 0. The molecule has 6 heteroatoms. The number of hydrogen-bond donors (Lipinski definition) is 2. The Kier molecular flexibility index (Phi) is 2.77. The molecule has 0 saturated carbocycles. The van der Waals surface area contributed by atoms with E-state index in [2.05, 4.69) is 15.3 Å². The van der Waals surface area contributed by atoms with Gasteiger partial charge in [0, 0.05) is 11.6 Å². The fraction of sp³-hybridized carbons (Fsp3) is 0. The first-order valence-electron chi connectivity index (χ1n) is 5.25. The Hall–Kier alpha value is -1.85. The van der Waals surface area contributed by atoms with Gasteiger partial charge in [0.15, 0.2) is 5.13 Å². The van der Waals surface area contributed by atoms with Crippen molar-refractivity contribution in [2.45, 2.75) is 0 Å². The third-order valence-corrected chi connectivity index (χ3v) is 3.55. The number of benzene rings is 1. The highest BCUT2D eigenvalue weighted by Gasteiger charge is 2.07. The molecule has 0 unspecified atom stereocenters. The molecule has 0 bridgehead atoms. The number of anilines is 3. The Balaban J connectivity index is 2.09. The van der Waals surface area contributed by atoms with Crippen molar-refractivity contribution in [3.8, 4) is 0 Å². The van der Waals surface area contributed by atoms with Crippen LogP contribution in [0, 0.1) is 0 Å². The van der Waals surface area contributed by atoms with Crippen LogP contribution < -0.4 is 11.1 Å². The molecule has 2 aromatic heterocycles. The maximum atomic E-state index is 6.14. The minimum atomic E-state index is 0.670. The van der Waals surface area contributed by atoms with Crippen molar-refractivity contribution in [1.82, 2.24) is 9.97 Å². The van der Waals surface area contributed by atoms with Crippen molar-refractivity contribution in [3.63, 3.8) is 0 Å². The van der Waals surface area contributed by atoms with Crippen LogP contribution >= 0.6 is 22.9 Å². The Morgan fingerprint density at radius 3 is 2.89 bits per heavy atom. The van der Waals surface area contributed by atoms with Crippen LogP contribution in [0.1, 0.15) is 0 Å². The van der Waals surface area contributed by atoms with E-state index >= 15 is 0 Å². The molecule has 0 saturated heterocycles. The summed E-state index contributed by atoms with van der Waals surface area (Å²) in [6.45, 7) is 0. The number of rotatable bonds is 2. The number of hydrogen-bond acceptors (Lipinski definition) is 5. The van der Waals surface area contributed by atoms with Gasteiger partial charge in [-0.25, -0.2) is 4.98 Å². The average Bonchev–Trinajstić information content (AvgIpc) is 2.79. The normalized spacial score (nSPS) is 10.7. The fourth-order valence-electron chi connectivity index (χ4n) is 1.70. The van der Waals surface area contributed by atoms with Gasteiger partial charge >= 0.3 is 0 Å². The van der Waals surface area contributed by atoms with Gasteiger partial charge in [-0.05, 0) is 24.3 Å². The predicted molar refractivity (Wildman–Crippen MR) is 76.6 cm³/mol. The van der Waals surface area contributed by atoms with Gasteiger partial charge in [0.2, 0.25) is 0 Å². The predicted octanol–water partition coefficient (Wildman–Crippen LogP) is 3.67. The zero-order chi connectivity index (χ0) is 12.5. The summed E-state index contributed by atoms with van der Waals surface area (Å²) in [4.78, 5) is 8.51. The number of halogens is 1. The number of nitrogen functional groups attached to an aromatic ring is 1. The highest BCUT2D eigenvalue weighted by atomic mass is 35.5. The average molecular weight is 277 g/mol. The van der Waals surface area contributed by atoms with Crippen LogP contribution in [0.5, 0.6) is 0 Å². The molecule has 0 fully saturated rings. The highest BCUT2D eigenvalue weighted by Crippen LogP contribution is 2.31. The lowest BCUT2D eigenvalue weighted by Crippen LogP contribution is -1.92. The van der Waals surface area contributed by atoms with E-state index in [0.717, 1.165) is 21.7 Å². The standard InChI is InChI=1S/C12H9ClN4S/c13-8-3-4-9(11-7(8)2-1-5-15-11)17-12-16-6-10(14)18-12/h1-6H,14H2,(H,16,17). The number of nitrogens with two attached hydrogens (primary N) is 1. The molecule has 3 N–H and O–H groups in total. The molecule has 0 radical (unpaired) electrons. The second-order valence-electron chi connectivity index (χ2n) is 3.69. The monoisotopic (exact) mass is 276 g/mol. The largest absolute Gasteiger partial charge is 0.389 e. The number of fused-ring (bicyclic) bond motifs is 1. The first kappa shape index (κ1) is 11.3. The molecule has 18 heavy (non-hydrogen) atoms. The second-order valence-corrected chi connectivity index (χ2v) is 5.16. The lowest BCUT2D eigenvalue weighted by molar-refractivity contribution is 1.37. The summed E-state index contributed by atoms with van der Waals surface area (Å²) in [6.07, 6.45) is 3.36. The first-order chi connectivity index (χ1) is 8.74. The van der Waals surface area contributed by atoms with Crippen LogP contribution in [0.15, 0.2) is 36.7 Å². The molecule has 0 aliphatic carbocycles. The van der Waals surface area contributed by atoms with Gasteiger partial charge in [-0.1, -0.05) is 22.9 Å². The molecule has 2 heterocycles. The summed E-state index contributed by atoms with van der Waals surface area (Å²) in [7, 11) is 0. The zero-order valence-corrected chi connectivity index (χ0v) is 10.8. The van der Waals surface area contributed by atoms with Gasteiger partial charge in [-0.3, -0.25) is 4.98 Å². The summed E-state index contributed by atoms with van der Waals surface area (Å²) in [5, 5.41) is 6.20. The van der Waals surface area contributed by atoms with Crippen molar-refractivity contribution in [2.75, 3.05) is 11.1 Å². The molecular formula is C12H9ClN4S. The SMILES string of the molecule is Nc1cnc(Nc2ccc(Cl)c3cccnc23)s1. The Morgan fingerprint density at radius 2 is 2.11 bits per heavy atom. The van der Waals surface area contributed by atoms with E-state index in [1.165, 1.54) is 11.3 Å². The van der Waals surface area contributed by atoms with Gasteiger partial charge < -0.3 is 11.1 Å². The van der Waals surface area contributed by atoms with Crippen LogP contribution in [0.4, 0.5) is 15.8 Å². The smallest absolute Gasteiger partial charge is 0.189 e. The van der Waals surface area contributed by atoms with Gasteiger partial charge in [-0.2, -0.15) is 0 Å². The Labute approximate surface area is 112 Å². The molecule has 3 rings (SSSR count). The quantitative estimate of drug-likeness (QED) is 0.749. The molecule has 0 aliphatic heterocycles. The maximum Gasteiger partial charge on any atom is 0.189 e. The molecule has 3 aromatic rings. The molecule has 0 atom stereocenters. The fourth-order valence-corrected chi connectivity index (χ4v) is 2.51. The lowest BCUT2D eigenvalue weighted by Gasteiger charge is -2.07. The topological polar surface area (TPSA) is 63.8 Å². The van der Waals surface area contributed by atoms with Crippen molar-refractivity contribution in [1.29, 1.82) is 0 Å². The molecule has 0 aliphatic rings. The Morgan fingerprint density at radius 1 is 1.22 bits per heavy atom. The molecule has 1 aromatic carbocycles. The first-order valence-corrected chi connectivity index (χ1v) is 6.45. The molecule has 0 spiro atoms. The van der Waals surface area contributed by atoms with E-state index in [-0.39, 0.29) is 0 Å². The summed E-state index contributed by atoms with van der Waals surface area (Å²) < 4.78 is 0. The van der Waals surface area contributed by atoms with Gasteiger partial charge in [0.1, 0.15) is 5.00 Å². The summed E-state index contributed by atoms with van der Waals surface area (Å²) in [5.41, 5.74) is 7.33. The highest BCUT2D eigenvalue weighted by molar-refractivity contribution is 7.19. The van der Waals surface area contributed by atoms with Gasteiger partial charge in [0.05, 0.1) is 22.4 Å². The number of thiazole rings is 1. The van der Waals surface area contributed by atoms with Gasteiger partial charge in [0.25, 0.3) is 0 Å². The number of pyridine rings is 1. The lowest BCUT2D eigenvalue weighted by atomic mass is 10.2.